The second kappa shape index (κ2) is 9.76. The van der Waals surface area contributed by atoms with Gasteiger partial charge in [0.25, 0.3) is 0 Å². The standard InChI is InChI=1S/C13H4F13N3O6S2/c14-7(15)8(16)34-11(21,22)9(17,10(18,19)20)35-12(23,24)13(25,26)37(32,33)29-36(30,31)6-3-1-5(28-27)2-4-6/h1-4H. The largest absolute Gasteiger partial charge is 0.471 e. The summed E-state index contributed by atoms with van der Waals surface area (Å²) in [6, 6.07) is -2.33. The summed E-state index contributed by atoms with van der Waals surface area (Å²) in [5, 5.41) is 0.998. The molecule has 9 nitrogen and oxygen atoms in total. The Bertz CT molecular complexity index is 1300. The molecule has 0 N–H and O–H groups in total. The number of diazo groups is 1. The van der Waals surface area contributed by atoms with Gasteiger partial charge in [0.2, 0.25) is 5.39 Å². The van der Waals surface area contributed by atoms with Crippen LogP contribution in [0.3, 0.4) is 0 Å². The van der Waals surface area contributed by atoms with Crippen molar-refractivity contribution < 1.29 is 83.4 Å². The topological polar surface area (TPSA) is 129 Å². The van der Waals surface area contributed by atoms with Crippen molar-refractivity contribution in [1.82, 2.24) is 0 Å². The zero-order valence-corrected chi connectivity index (χ0v) is 18.0. The van der Waals surface area contributed by atoms with Crippen molar-refractivity contribution in [2.45, 2.75) is 34.4 Å². The van der Waals surface area contributed by atoms with Crippen LogP contribution in [0.5, 0.6) is 0 Å². The molecule has 1 rings (SSSR count). The summed E-state index contributed by atoms with van der Waals surface area (Å²) >= 11 is 0. The normalized spacial score (nSPS) is 15.5. The molecule has 1 unspecified atom stereocenters. The first-order chi connectivity index (χ1) is 16.3. The van der Waals surface area contributed by atoms with Crippen molar-refractivity contribution in [2.75, 3.05) is 0 Å². The monoisotopic (exact) mass is 609 g/mol. The summed E-state index contributed by atoms with van der Waals surface area (Å²) < 4.78 is 223. The summed E-state index contributed by atoms with van der Waals surface area (Å²) in [5.41, 5.74) is -0.444. The van der Waals surface area contributed by atoms with Crippen molar-refractivity contribution in [3.05, 3.63) is 45.5 Å². The Balaban J connectivity index is 3.53. The number of hydrogen-bond donors (Lipinski definition) is 0. The molecule has 210 valence electrons. The predicted octanol–water partition coefficient (Wildman–Crippen LogP) is 5.64. The minimum atomic E-state index is -7.71. The van der Waals surface area contributed by atoms with E-state index in [0.717, 1.165) is 0 Å². The van der Waals surface area contributed by atoms with Gasteiger partial charge >= 0.3 is 47.3 Å². The molecule has 0 aromatic heterocycles. The highest BCUT2D eigenvalue weighted by Crippen LogP contribution is 2.54. The van der Waals surface area contributed by atoms with E-state index >= 15 is 0 Å². The molecule has 24 heteroatoms. The number of hydrogen-bond acceptors (Lipinski definition) is 7. The molecule has 1 atom stereocenters. The van der Waals surface area contributed by atoms with Crippen molar-refractivity contribution in [3.8, 4) is 0 Å². The maximum atomic E-state index is 13.9. The van der Waals surface area contributed by atoms with Crippen molar-refractivity contribution >= 4 is 25.7 Å². The summed E-state index contributed by atoms with van der Waals surface area (Å²) in [5.74, 6) is -7.68. The number of benzene rings is 1. The lowest BCUT2D eigenvalue weighted by Gasteiger charge is -2.38. The minimum Gasteiger partial charge on any atom is -0.426 e. The Labute approximate surface area is 195 Å². The SMILES string of the molecule is N#[N+]c1ccc(S(=O)(=O)[N-]S(=O)(=O)C(F)(F)C(F)(F)OC(F)(C(F)(F)F)C(F)(F)OC(F)=C(F)F)cc1. The van der Waals surface area contributed by atoms with Gasteiger partial charge in [-0.2, -0.15) is 57.1 Å². The lowest BCUT2D eigenvalue weighted by atomic mass is 10.2. The summed E-state index contributed by atoms with van der Waals surface area (Å²) in [4.78, 5) is 1.09. The molecule has 1 aromatic carbocycles. The molecule has 0 saturated carbocycles. The van der Waals surface area contributed by atoms with E-state index in [2.05, 4.69) is 4.98 Å². The molecule has 37 heavy (non-hydrogen) atoms. The molecule has 0 radical (unpaired) electrons. The van der Waals surface area contributed by atoms with Gasteiger partial charge in [0, 0.05) is 17.0 Å². The third kappa shape index (κ3) is 6.15. The van der Waals surface area contributed by atoms with Crippen LogP contribution in [-0.4, -0.2) is 46.3 Å². The van der Waals surface area contributed by atoms with Crippen LogP contribution in [0.15, 0.2) is 41.3 Å². The summed E-state index contributed by atoms with van der Waals surface area (Å²) in [6.45, 7) is 0. The minimum absolute atomic E-state index is 0.288. The van der Waals surface area contributed by atoms with Gasteiger partial charge in [-0.15, -0.1) is 0 Å². The zero-order valence-electron chi connectivity index (χ0n) is 16.3. The fraction of sp³-hybridized carbons (Fsp3) is 0.385. The van der Waals surface area contributed by atoms with Crippen LogP contribution in [-0.2, 0) is 29.5 Å². The Kier molecular flexibility index (Phi) is 8.47. The Hall–Kier alpha value is -2.91. The number of sulfonamides is 2. The van der Waals surface area contributed by atoms with Crippen LogP contribution in [0.2, 0.25) is 0 Å². The molecule has 0 heterocycles. The van der Waals surface area contributed by atoms with Crippen molar-refractivity contribution in [3.63, 3.8) is 0 Å². The van der Waals surface area contributed by atoms with Gasteiger partial charge in [-0.3, -0.25) is 4.74 Å². The van der Waals surface area contributed by atoms with E-state index in [9.17, 15) is 73.9 Å². The predicted molar refractivity (Wildman–Crippen MR) is 87.9 cm³/mol. The second-order valence-corrected chi connectivity index (χ2v) is 9.48. The Morgan fingerprint density at radius 3 is 1.65 bits per heavy atom. The molecule has 0 saturated heterocycles. The van der Waals surface area contributed by atoms with Gasteiger partial charge in [-0.1, -0.05) is 0 Å². The van der Waals surface area contributed by atoms with E-state index in [1.165, 1.54) is 4.13 Å². The number of alkyl halides is 10. The fourth-order valence-corrected chi connectivity index (χ4v) is 4.36. The molecule has 0 amide bonds. The van der Waals surface area contributed by atoms with E-state index in [1.807, 2.05) is 4.74 Å². The molecule has 0 fully saturated rings. The average molecular weight is 609 g/mol. The maximum absolute atomic E-state index is 13.9. The zero-order chi connectivity index (χ0) is 29.5. The van der Waals surface area contributed by atoms with Gasteiger partial charge in [0.15, 0.2) is 15.0 Å². The molecule has 0 aliphatic rings. The third-order valence-corrected chi connectivity index (χ3v) is 6.81. The highest BCUT2D eigenvalue weighted by atomic mass is 32.3. The van der Waals surface area contributed by atoms with Crippen LogP contribution in [0.25, 0.3) is 9.10 Å². The van der Waals surface area contributed by atoms with Crippen LogP contribution < -0.4 is 0 Å². The number of halogens is 13. The van der Waals surface area contributed by atoms with Gasteiger partial charge < -0.3 is 8.86 Å². The van der Waals surface area contributed by atoms with E-state index in [0.29, 0.717) is 12.1 Å². The number of ether oxygens (including phenoxy) is 2. The Morgan fingerprint density at radius 1 is 0.811 bits per heavy atom. The van der Waals surface area contributed by atoms with E-state index in [1.54, 1.807) is 4.74 Å². The van der Waals surface area contributed by atoms with Crippen molar-refractivity contribution in [1.29, 1.82) is 5.39 Å². The van der Waals surface area contributed by atoms with Crippen LogP contribution in [0.1, 0.15) is 0 Å². The first-order valence-corrected chi connectivity index (χ1v) is 10.8. The molecule has 1 aromatic rings. The first kappa shape index (κ1) is 32.1. The Morgan fingerprint density at radius 2 is 1.27 bits per heavy atom. The van der Waals surface area contributed by atoms with E-state index < -0.39 is 72.2 Å². The van der Waals surface area contributed by atoms with Gasteiger partial charge in [-0.05, 0) is 12.1 Å². The van der Waals surface area contributed by atoms with Crippen molar-refractivity contribution in [2.24, 2.45) is 0 Å². The molecule has 0 bridgehead atoms. The lowest BCUT2D eigenvalue weighted by Crippen LogP contribution is -2.64. The van der Waals surface area contributed by atoms with Gasteiger partial charge in [-0.25, -0.2) is 16.8 Å². The highest BCUT2D eigenvalue weighted by Gasteiger charge is 2.82. The van der Waals surface area contributed by atoms with Gasteiger partial charge in [0.05, 0.1) is 0 Å². The highest BCUT2D eigenvalue weighted by molar-refractivity contribution is 8.12. The molecule has 0 aliphatic heterocycles. The van der Waals surface area contributed by atoms with E-state index in [-0.39, 0.29) is 12.1 Å². The van der Waals surface area contributed by atoms with Crippen LogP contribution in [0, 0.1) is 5.39 Å². The number of nitrogens with zero attached hydrogens (tertiary/aromatic N) is 3. The molecule has 0 aliphatic carbocycles. The van der Waals surface area contributed by atoms with Crippen LogP contribution >= 0.6 is 0 Å². The third-order valence-electron chi connectivity index (χ3n) is 3.48. The van der Waals surface area contributed by atoms with Gasteiger partial charge in [0.1, 0.15) is 10.0 Å². The van der Waals surface area contributed by atoms with E-state index in [4.69, 9.17) is 5.39 Å². The van der Waals surface area contributed by atoms with Crippen LogP contribution in [0.4, 0.5) is 62.8 Å². The lowest BCUT2D eigenvalue weighted by molar-refractivity contribution is -0.510. The number of rotatable bonds is 10. The summed E-state index contributed by atoms with van der Waals surface area (Å²) in [6.07, 6.45) is -26.7. The quantitative estimate of drug-likeness (QED) is 0.191. The fourth-order valence-electron chi connectivity index (χ4n) is 1.79. The summed E-state index contributed by atoms with van der Waals surface area (Å²) in [7, 11) is -13.7. The average Bonchev–Trinajstić information content (AvgIpc) is 2.71. The first-order valence-electron chi connectivity index (χ1n) is 7.96. The second-order valence-electron chi connectivity index (χ2n) is 6.00. The molecule has 0 spiro atoms. The smallest absolute Gasteiger partial charge is 0.426 e. The maximum Gasteiger partial charge on any atom is 0.471 e. The molecular weight excluding hydrogens is 605 g/mol. The molecular formula is C13H4F13N3O6S2.